The smallest absolute Gasteiger partial charge is 0.374 e. The van der Waals surface area contributed by atoms with Gasteiger partial charge in [0.1, 0.15) is 29.1 Å². The van der Waals surface area contributed by atoms with Gasteiger partial charge in [-0.15, -0.1) is 0 Å². The molecule has 2 aromatic carbocycles. The van der Waals surface area contributed by atoms with Crippen LogP contribution in [0.1, 0.15) is 61.8 Å². The van der Waals surface area contributed by atoms with Crippen molar-refractivity contribution in [2.45, 2.75) is 64.3 Å². The molecule has 10 nitrogen and oxygen atoms in total. The molecule has 10 heteroatoms. The van der Waals surface area contributed by atoms with Gasteiger partial charge in [-0.3, -0.25) is 9.79 Å². The number of ether oxygens (including phenoxy) is 4. The molecule has 0 bridgehead atoms. The topological polar surface area (TPSA) is 144 Å². The zero-order chi connectivity index (χ0) is 31.3. The fourth-order valence-corrected chi connectivity index (χ4v) is 6.64. The zero-order valence-corrected chi connectivity index (χ0v) is 25.3. The summed E-state index contributed by atoms with van der Waals surface area (Å²) in [6, 6.07) is 5.81. The van der Waals surface area contributed by atoms with E-state index >= 15 is 0 Å². The van der Waals surface area contributed by atoms with Crippen molar-refractivity contribution < 1.29 is 43.9 Å². The molecule has 1 saturated carbocycles. The summed E-state index contributed by atoms with van der Waals surface area (Å²) in [4.78, 5) is 31.2. The van der Waals surface area contributed by atoms with Gasteiger partial charge in [0, 0.05) is 23.8 Å². The number of aliphatic hydroxyl groups is 3. The lowest BCUT2D eigenvalue weighted by molar-refractivity contribution is -0.141. The Morgan fingerprint density at radius 3 is 2.64 bits per heavy atom. The predicted molar refractivity (Wildman–Crippen MR) is 160 cm³/mol. The van der Waals surface area contributed by atoms with Crippen LogP contribution in [0.25, 0.3) is 11.6 Å². The molecule has 1 aliphatic carbocycles. The van der Waals surface area contributed by atoms with Crippen molar-refractivity contribution in [1.29, 1.82) is 0 Å². The number of fused-ring (bicyclic) bond motifs is 3. The number of Topliss-reactive ketones (excluding diaryl/α,β-unsaturated/α-hetero) is 1. The largest absolute Gasteiger partial charge is 0.496 e. The predicted octanol–water partition coefficient (Wildman–Crippen LogP) is 2.02. The third-order valence-corrected chi connectivity index (χ3v) is 8.90. The molecule has 0 saturated heterocycles. The molecule has 0 radical (unpaired) electrons. The Morgan fingerprint density at radius 1 is 1.16 bits per heavy atom. The van der Waals surface area contributed by atoms with E-state index in [9.17, 15) is 24.9 Å². The van der Waals surface area contributed by atoms with Crippen molar-refractivity contribution in [3.63, 3.8) is 0 Å². The minimum absolute atomic E-state index is 0.0491. The molecule has 1 fully saturated rings. The Hall–Kier alpha value is -3.99. The molecule has 0 aromatic heterocycles. The van der Waals surface area contributed by atoms with Crippen molar-refractivity contribution in [1.82, 2.24) is 0 Å². The highest BCUT2D eigenvalue weighted by atomic mass is 16.6. The van der Waals surface area contributed by atoms with Gasteiger partial charge >= 0.3 is 5.97 Å². The monoisotopic (exact) mass is 603 g/mol. The molecular weight excluding hydrogens is 566 g/mol. The molecule has 3 atom stereocenters. The highest BCUT2D eigenvalue weighted by molar-refractivity contribution is 5.98. The van der Waals surface area contributed by atoms with Gasteiger partial charge in [-0.25, -0.2) is 4.79 Å². The molecular formula is C34H37NO9. The van der Waals surface area contributed by atoms with Crippen molar-refractivity contribution in [3.05, 3.63) is 68.4 Å². The van der Waals surface area contributed by atoms with Crippen LogP contribution in [0.3, 0.4) is 0 Å². The molecule has 6 rings (SSSR count). The number of carbonyl (C=O) groups excluding carboxylic acids is 2. The first-order valence-electron chi connectivity index (χ1n) is 14.9. The summed E-state index contributed by atoms with van der Waals surface area (Å²) in [5.41, 5.74) is 2.57. The maximum absolute atomic E-state index is 13.7. The number of nitrogens with zero attached hydrogens (tertiary/aromatic N) is 1. The molecule has 3 N–H and O–H groups in total. The molecule has 232 valence electrons. The van der Waals surface area contributed by atoms with E-state index in [1.807, 2.05) is 24.3 Å². The van der Waals surface area contributed by atoms with Gasteiger partial charge in [0.15, 0.2) is 0 Å². The van der Waals surface area contributed by atoms with Crippen molar-refractivity contribution in [2.75, 3.05) is 26.9 Å². The summed E-state index contributed by atoms with van der Waals surface area (Å²) in [5.74, 6) is -1.05. The summed E-state index contributed by atoms with van der Waals surface area (Å²) in [7, 11) is 1.52. The lowest BCUT2D eigenvalue weighted by Gasteiger charge is -2.33. The van der Waals surface area contributed by atoms with Gasteiger partial charge in [-0.2, -0.15) is 0 Å². The van der Waals surface area contributed by atoms with E-state index in [0.29, 0.717) is 53.1 Å². The third kappa shape index (κ3) is 5.00. The van der Waals surface area contributed by atoms with Crippen LogP contribution in [0.15, 0.2) is 40.6 Å². The molecule has 3 heterocycles. The number of benzene rings is 2. The van der Waals surface area contributed by atoms with E-state index in [4.69, 9.17) is 18.9 Å². The molecule has 0 amide bonds. The van der Waals surface area contributed by atoms with Crippen LogP contribution in [-0.4, -0.2) is 65.6 Å². The van der Waals surface area contributed by atoms with E-state index < -0.39 is 36.1 Å². The standard InChI is InChI=1S/C34H37NO9/c1-5-42-33(39)26-13-21(19-11-20(15-36)29(38)22(12-19)17-6-7-25-18(10-17)8-9-35-25)28-31(41-4)23-14-27(34(2,3)40)44-30(23)24(16-37)32(28)43-26/h6-8,10,13,20,22,27,36-37,40H,5,9,11-12,14-16H2,1-4H3/b21-19-/t20-,22-,27+/m1/s1. The number of rotatable bonds is 7. The van der Waals surface area contributed by atoms with Gasteiger partial charge in [0.25, 0.3) is 0 Å². The number of hydrogen-bond acceptors (Lipinski definition) is 10. The number of methoxy groups -OCH3 is 1. The number of hydrogen-bond donors (Lipinski definition) is 3. The van der Waals surface area contributed by atoms with E-state index in [1.165, 1.54) is 7.11 Å². The van der Waals surface area contributed by atoms with Crippen LogP contribution in [0, 0.1) is 5.92 Å². The number of aliphatic hydroxyl groups excluding tert-OH is 2. The molecule has 0 unspecified atom stereocenters. The first-order chi connectivity index (χ1) is 21.1. The van der Waals surface area contributed by atoms with Crippen LogP contribution >= 0.6 is 0 Å². The van der Waals surface area contributed by atoms with E-state index in [0.717, 1.165) is 21.7 Å². The van der Waals surface area contributed by atoms with Crippen LogP contribution in [0.2, 0.25) is 0 Å². The Kier molecular flexibility index (Phi) is 7.85. The maximum atomic E-state index is 13.7. The van der Waals surface area contributed by atoms with E-state index in [2.05, 4.69) is 4.99 Å². The Bertz CT molecular complexity index is 1730. The number of allylic oxidation sites excluding steroid dienone is 3. The van der Waals surface area contributed by atoms with Crippen molar-refractivity contribution >= 4 is 23.4 Å². The highest BCUT2D eigenvalue weighted by Crippen LogP contribution is 2.55. The van der Waals surface area contributed by atoms with Crippen LogP contribution in [0.4, 0.5) is 0 Å². The quantitative estimate of drug-likeness (QED) is 0.405. The number of esters is 1. The summed E-state index contributed by atoms with van der Waals surface area (Å²) >= 11 is 0. The average Bonchev–Trinajstić information content (AvgIpc) is 3.67. The van der Waals surface area contributed by atoms with Crippen molar-refractivity contribution in [3.8, 4) is 17.2 Å². The summed E-state index contributed by atoms with van der Waals surface area (Å²) in [6.07, 6.45) is 3.92. The molecule has 44 heavy (non-hydrogen) atoms. The fraction of sp³-hybridized carbons (Fsp3) is 0.441. The van der Waals surface area contributed by atoms with Gasteiger partial charge in [0.05, 0.1) is 55.6 Å². The van der Waals surface area contributed by atoms with E-state index in [-0.39, 0.29) is 36.9 Å². The van der Waals surface area contributed by atoms with Gasteiger partial charge in [0.2, 0.25) is 5.76 Å². The first-order valence-corrected chi connectivity index (χ1v) is 14.9. The third-order valence-electron chi connectivity index (χ3n) is 8.90. The van der Waals surface area contributed by atoms with Crippen molar-refractivity contribution in [2.24, 2.45) is 10.9 Å². The summed E-state index contributed by atoms with van der Waals surface area (Å²) in [6.45, 7) is 4.91. The second-order valence-electron chi connectivity index (χ2n) is 12.1. The second-order valence-corrected chi connectivity index (χ2v) is 12.1. The van der Waals surface area contributed by atoms with E-state index in [1.54, 1.807) is 26.8 Å². The number of ketones is 1. The highest BCUT2D eigenvalue weighted by Gasteiger charge is 2.43. The Balaban J connectivity index is 1.58. The Labute approximate surface area is 254 Å². The van der Waals surface area contributed by atoms with Crippen LogP contribution in [0.5, 0.6) is 17.2 Å². The first kappa shape index (κ1) is 30.1. The maximum Gasteiger partial charge on any atom is 0.374 e. The van der Waals surface area contributed by atoms with Crippen LogP contribution in [-0.2, 0) is 27.4 Å². The van der Waals surface area contributed by atoms with Crippen LogP contribution < -0.4 is 24.8 Å². The molecule has 4 aliphatic rings. The molecule has 0 spiro atoms. The second kappa shape index (κ2) is 11.5. The lowest BCUT2D eigenvalue weighted by Crippen LogP contribution is -2.39. The zero-order valence-electron chi connectivity index (χ0n) is 25.3. The minimum atomic E-state index is -1.19. The molecule has 2 aromatic rings. The molecule has 3 aliphatic heterocycles. The lowest BCUT2D eigenvalue weighted by atomic mass is 9.72. The van der Waals surface area contributed by atoms with Gasteiger partial charge < -0.3 is 34.3 Å². The van der Waals surface area contributed by atoms with Gasteiger partial charge in [-0.1, -0.05) is 17.7 Å². The fourth-order valence-electron chi connectivity index (χ4n) is 6.64. The summed E-state index contributed by atoms with van der Waals surface area (Å²) in [5, 5.41) is 33.6. The average molecular weight is 604 g/mol. The van der Waals surface area contributed by atoms with Gasteiger partial charge in [-0.05, 0) is 68.2 Å². The Morgan fingerprint density at radius 2 is 1.95 bits per heavy atom. The minimum Gasteiger partial charge on any atom is -0.496 e. The normalized spacial score (nSPS) is 23.8. The SMILES string of the molecule is CCOC(=O)C1=C/C(=C2\C[C@H](CO)C(=O)[C@@H](c3ccc4c(c3)=CCN=4)C2)c2c(OC)c3c(c(CO)c2O1)O[C@H](C(C)(C)O)C3. The summed E-state index contributed by atoms with van der Waals surface area (Å²) < 4.78 is 23.6. The number of carbonyl (C=O) groups is 2.